The normalized spacial score (nSPS) is 14.1. The number of hydrogen-bond donors (Lipinski definition) is 0. The van der Waals surface area contributed by atoms with E-state index in [-0.39, 0.29) is 0 Å². The summed E-state index contributed by atoms with van der Waals surface area (Å²) >= 11 is 0. The fourth-order valence-electron chi connectivity index (χ4n) is 2.97. The highest BCUT2D eigenvalue weighted by Crippen LogP contribution is 2.20. The standard InChI is InChI=1S/C19H17N7/c20-13-15-1-3-18(22-14-15)25-9-11-26(12-10-25)19-4-2-17(23-24-19)16-5-7-21-8-6-16/h1-8,14H,9-12H2. The fourth-order valence-corrected chi connectivity index (χ4v) is 2.97. The van der Waals surface area contributed by atoms with Crippen molar-refractivity contribution in [1.82, 2.24) is 20.2 Å². The lowest BCUT2D eigenvalue weighted by atomic mass is 10.2. The van der Waals surface area contributed by atoms with Gasteiger partial charge in [0.15, 0.2) is 5.82 Å². The molecule has 4 rings (SSSR count). The molecule has 1 aliphatic heterocycles. The zero-order chi connectivity index (χ0) is 17.8. The Balaban J connectivity index is 1.40. The summed E-state index contributed by atoms with van der Waals surface area (Å²) in [5, 5.41) is 17.6. The molecule has 0 bridgehead atoms. The third-order valence-corrected chi connectivity index (χ3v) is 4.43. The molecule has 0 spiro atoms. The smallest absolute Gasteiger partial charge is 0.151 e. The highest BCUT2D eigenvalue weighted by molar-refractivity contribution is 5.59. The Morgan fingerprint density at radius 2 is 1.50 bits per heavy atom. The van der Waals surface area contributed by atoms with Crippen LogP contribution in [-0.4, -0.2) is 46.3 Å². The third-order valence-electron chi connectivity index (χ3n) is 4.43. The van der Waals surface area contributed by atoms with Crippen LogP contribution in [0.3, 0.4) is 0 Å². The molecule has 0 aliphatic carbocycles. The Kier molecular flexibility index (Phi) is 4.39. The molecule has 3 aromatic heterocycles. The van der Waals surface area contributed by atoms with Crippen LogP contribution in [0.5, 0.6) is 0 Å². The number of rotatable bonds is 3. The topological polar surface area (TPSA) is 81.8 Å². The number of pyridine rings is 2. The van der Waals surface area contributed by atoms with Gasteiger partial charge in [0.25, 0.3) is 0 Å². The van der Waals surface area contributed by atoms with Gasteiger partial charge in [-0.15, -0.1) is 10.2 Å². The van der Waals surface area contributed by atoms with Gasteiger partial charge in [0.1, 0.15) is 11.9 Å². The highest BCUT2D eigenvalue weighted by Gasteiger charge is 2.19. The number of piperazine rings is 1. The monoisotopic (exact) mass is 343 g/mol. The first-order chi connectivity index (χ1) is 12.8. The van der Waals surface area contributed by atoms with Crippen molar-refractivity contribution in [1.29, 1.82) is 5.26 Å². The zero-order valence-corrected chi connectivity index (χ0v) is 14.2. The maximum atomic E-state index is 8.87. The lowest BCUT2D eigenvalue weighted by Crippen LogP contribution is -2.47. The summed E-state index contributed by atoms with van der Waals surface area (Å²) < 4.78 is 0. The minimum atomic E-state index is 0.581. The van der Waals surface area contributed by atoms with Crippen molar-refractivity contribution < 1.29 is 0 Å². The van der Waals surface area contributed by atoms with E-state index < -0.39 is 0 Å². The van der Waals surface area contributed by atoms with Crippen LogP contribution in [0.25, 0.3) is 11.3 Å². The molecule has 0 N–H and O–H groups in total. The minimum absolute atomic E-state index is 0.581. The molecule has 0 amide bonds. The molecule has 3 aromatic rings. The van der Waals surface area contributed by atoms with Gasteiger partial charge in [0.2, 0.25) is 0 Å². The Hall–Kier alpha value is -3.53. The maximum absolute atomic E-state index is 8.87. The second-order valence-electron chi connectivity index (χ2n) is 6.00. The number of nitrogens with zero attached hydrogens (tertiary/aromatic N) is 7. The van der Waals surface area contributed by atoms with Crippen molar-refractivity contribution in [3.8, 4) is 17.3 Å². The van der Waals surface area contributed by atoms with Crippen molar-refractivity contribution >= 4 is 11.6 Å². The van der Waals surface area contributed by atoms with Gasteiger partial charge in [-0.3, -0.25) is 4.98 Å². The molecule has 1 fully saturated rings. The van der Waals surface area contributed by atoms with Crippen LogP contribution in [0.15, 0.2) is 55.0 Å². The van der Waals surface area contributed by atoms with Crippen LogP contribution in [0.2, 0.25) is 0 Å². The lowest BCUT2D eigenvalue weighted by molar-refractivity contribution is 0.638. The van der Waals surface area contributed by atoms with Crippen LogP contribution >= 0.6 is 0 Å². The second-order valence-corrected chi connectivity index (χ2v) is 6.00. The van der Waals surface area contributed by atoms with Gasteiger partial charge >= 0.3 is 0 Å². The molecule has 0 unspecified atom stereocenters. The van der Waals surface area contributed by atoms with Crippen molar-refractivity contribution in [2.75, 3.05) is 36.0 Å². The van der Waals surface area contributed by atoms with E-state index in [1.54, 1.807) is 24.7 Å². The zero-order valence-electron chi connectivity index (χ0n) is 14.2. The van der Waals surface area contributed by atoms with Gasteiger partial charge < -0.3 is 9.80 Å². The van der Waals surface area contributed by atoms with Gasteiger partial charge in [-0.25, -0.2) is 4.98 Å². The Labute approximate surface area is 151 Å². The molecular weight excluding hydrogens is 326 g/mol. The molecule has 0 atom stereocenters. The molecule has 128 valence electrons. The Morgan fingerprint density at radius 1 is 0.808 bits per heavy atom. The first kappa shape index (κ1) is 16.0. The number of anilines is 2. The summed E-state index contributed by atoms with van der Waals surface area (Å²) in [5.74, 6) is 1.79. The summed E-state index contributed by atoms with van der Waals surface area (Å²) in [6.45, 7) is 3.41. The van der Waals surface area contributed by atoms with Crippen molar-refractivity contribution in [2.24, 2.45) is 0 Å². The summed E-state index contributed by atoms with van der Waals surface area (Å²) in [6.07, 6.45) is 5.12. The van der Waals surface area contributed by atoms with Crippen LogP contribution in [-0.2, 0) is 0 Å². The molecule has 1 saturated heterocycles. The number of nitriles is 1. The predicted molar refractivity (Wildman–Crippen MR) is 98.6 cm³/mol. The quantitative estimate of drug-likeness (QED) is 0.720. The molecule has 0 saturated carbocycles. The molecule has 7 heteroatoms. The van der Waals surface area contributed by atoms with E-state index in [0.717, 1.165) is 49.1 Å². The average molecular weight is 343 g/mol. The lowest BCUT2D eigenvalue weighted by Gasteiger charge is -2.35. The summed E-state index contributed by atoms with van der Waals surface area (Å²) in [6, 6.07) is 13.6. The van der Waals surface area contributed by atoms with E-state index in [1.165, 1.54) is 0 Å². The fraction of sp³-hybridized carbons (Fsp3) is 0.211. The highest BCUT2D eigenvalue weighted by atomic mass is 15.3. The van der Waals surface area contributed by atoms with Crippen LogP contribution in [0, 0.1) is 11.3 Å². The van der Waals surface area contributed by atoms with Crippen LogP contribution in [0.1, 0.15) is 5.56 Å². The SMILES string of the molecule is N#Cc1ccc(N2CCN(c3ccc(-c4ccncc4)nn3)CC2)nc1. The molecule has 26 heavy (non-hydrogen) atoms. The van der Waals surface area contributed by atoms with Crippen LogP contribution < -0.4 is 9.80 Å². The van der Waals surface area contributed by atoms with Crippen LogP contribution in [0.4, 0.5) is 11.6 Å². The molecule has 4 heterocycles. The third kappa shape index (κ3) is 3.30. The molecule has 0 radical (unpaired) electrons. The first-order valence-electron chi connectivity index (χ1n) is 8.44. The minimum Gasteiger partial charge on any atom is -0.353 e. The maximum Gasteiger partial charge on any atom is 0.151 e. The average Bonchev–Trinajstić information content (AvgIpc) is 2.75. The summed E-state index contributed by atoms with van der Waals surface area (Å²) in [7, 11) is 0. The first-order valence-corrected chi connectivity index (χ1v) is 8.44. The van der Waals surface area contributed by atoms with Gasteiger partial charge in [-0.2, -0.15) is 5.26 Å². The van der Waals surface area contributed by atoms with Crippen molar-refractivity contribution in [3.05, 3.63) is 60.6 Å². The van der Waals surface area contributed by atoms with E-state index >= 15 is 0 Å². The largest absolute Gasteiger partial charge is 0.353 e. The van der Waals surface area contributed by atoms with E-state index in [0.29, 0.717) is 5.56 Å². The molecule has 7 nitrogen and oxygen atoms in total. The summed E-state index contributed by atoms with van der Waals surface area (Å²) in [4.78, 5) is 12.8. The number of aromatic nitrogens is 4. The molecule has 0 aromatic carbocycles. The van der Waals surface area contributed by atoms with E-state index in [9.17, 15) is 0 Å². The Bertz CT molecular complexity index is 893. The van der Waals surface area contributed by atoms with Gasteiger partial charge in [0.05, 0.1) is 11.3 Å². The van der Waals surface area contributed by atoms with Gasteiger partial charge in [-0.05, 0) is 36.4 Å². The summed E-state index contributed by atoms with van der Waals surface area (Å²) in [5.41, 5.74) is 2.43. The van der Waals surface area contributed by atoms with Crippen molar-refractivity contribution in [2.45, 2.75) is 0 Å². The van der Waals surface area contributed by atoms with E-state index in [4.69, 9.17) is 5.26 Å². The predicted octanol–water partition coefficient (Wildman–Crippen LogP) is 2.13. The van der Waals surface area contributed by atoms with Gasteiger partial charge in [-0.1, -0.05) is 0 Å². The molecular formula is C19H17N7. The van der Waals surface area contributed by atoms with Gasteiger partial charge in [0, 0.05) is 50.3 Å². The number of hydrogen-bond acceptors (Lipinski definition) is 7. The van der Waals surface area contributed by atoms with E-state index in [2.05, 4.69) is 36.0 Å². The molecule has 1 aliphatic rings. The van der Waals surface area contributed by atoms with Crippen molar-refractivity contribution in [3.63, 3.8) is 0 Å². The van der Waals surface area contributed by atoms with E-state index in [1.807, 2.05) is 30.3 Å². The Morgan fingerprint density at radius 3 is 2.08 bits per heavy atom. The second kappa shape index (κ2) is 7.15.